The highest BCUT2D eigenvalue weighted by atomic mass is 16.5. The molecule has 0 bridgehead atoms. The molecule has 1 aliphatic heterocycles. The molecule has 1 amide bonds. The van der Waals surface area contributed by atoms with Gasteiger partial charge in [0, 0.05) is 6.04 Å². The van der Waals surface area contributed by atoms with Gasteiger partial charge in [0.05, 0.1) is 6.10 Å². The van der Waals surface area contributed by atoms with Crippen LogP contribution in [0.1, 0.15) is 19.8 Å². The van der Waals surface area contributed by atoms with E-state index in [9.17, 15) is 4.79 Å². The Hall–Kier alpha value is -0.610. The van der Waals surface area contributed by atoms with E-state index in [0.29, 0.717) is 6.04 Å². The Morgan fingerprint density at radius 1 is 1.75 bits per heavy atom. The minimum Gasteiger partial charge on any atom is -0.368 e. The van der Waals surface area contributed by atoms with E-state index in [4.69, 9.17) is 10.5 Å². The van der Waals surface area contributed by atoms with Gasteiger partial charge in [0.15, 0.2) is 0 Å². The molecule has 1 aliphatic rings. The first-order valence-electron chi connectivity index (χ1n) is 4.32. The van der Waals surface area contributed by atoms with Gasteiger partial charge in [-0.25, -0.2) is 0 Å². The predicted octanol–water partition coefficient (Wildman–Crippen LogP) is -0.371. The number of rotatable bonds is 3. The minimum absolute atomic E-state index is 0.0530. The van der Waals surface area contributed by atoms with Gasteiger partial charge in [-0.3, -0.25) is 4.79 Å². The lowest BCUT2D eigenvalue weighted by molar-refractivity contribution is -0.125. The number of primary amides is 1. The molecule has 4 heteroatoms. The number of nitrogens with two attached hydrogens (primary N) is 1. The van der Waals surface area contributed by atoms with Crippen LogP contribution in [0.15, 0.2) is 0 Å². The summed E-state index contributed by atoms with van der Waals surface area (Å²) in [5.74, 6) is -0.388. The van der Waals surface area contributed by atoms with E-state index in [1.165, 1.54) is 0 Å². The first-order chi connectivity index (χ1) is 5.68. The second-order valence-corrected chi connectivity index (χ2v) is 3.28. The number of amides is 1. The number of hydrogen-bond donors (Lipinski definition) is 2. The largest absolute Gasteiger partial charge is 0.368 e. The smallest absolute Gasteiger partial charge is 0.243 e. The summed E-state index contributed by atoms with van der Waals surface area (Å²) in [6, 6.07) is 0.483. The Balaban J connectivity index is 2.18. The summed E-state index contributed by atoms with van der Waals surface area (Å²) >= 11 is 0. The third-order valence-corrected chi connectivity index (χ3v) is 2.04. The first kappa shape index (κ1) is 9.48. The summed E-state index contributed by atoms with van der Waals surface area (Å²) in [6.45, 7) is 3.13. The van der Waals surface area contributed by atoms with Crippen LogP contribution in [0.25, 0.3) is 0 Å². The van der Waals surface area contributed by atoms with Crippen molar-refractivity contribution in [3.63, 3.8) is 0 Å². The molecule has 0 aliphatic carbocycles. The second-order valence-electron chi connectivity index (χ2n) is 3.28. The highest BCUT2D eigenvalue weighted by Crippen LogP contribution is 2.11. The van der Waals surface area contributed by atoms with E-state index in [1.807, 2.05) is 0 Å². The zero-order valence-electron chi connectivity index (χ0n) is 7.38. The molecule has 1 saturated heterocycles. The Labute approximate surface area is 72.5 Å². The van der Waals surface area contributed by atoms with Gasteiger partial charge < -0.3 is 15.8 Å². The maximum Gasteiger partial charge on any atom is 0.243 e. The number of carbonyl (C=O) groups excluding carboxylic acids is 1. The lowest BCUT2D eigenvalue weighted by atomic mass is 10.0. The molecule has 0 aromatic heterocycles. The maximum atomic E-state index is 10.4. The van der Waals surface area contributed by atoms with Crippen molar-refractivity contribution in [2.24, 2.45) is 5.73 Å². The van der Waals surface area contributed by atoms with Crippen LogP contribution in [0, 0.1) is 0 Å². The molecule has 0 saturated carbocycles. The summed E-state index contributed by atoms with van der Waals surface area (Å²) in [6.07, 6.45) is 2.14. The van der Waals surface area contributed by atoms with E-state index in [0.717, 1.165) is 19.4 Å². The average Bonchev–Trinajstić information content (AvgIpc) is 2.01. The van der Waals surface area contributed by atoms with Crippen molar-refractivity contribution in [1.82, 2.24) is 5.32 Å². The van der Waals surface area contributed by atoms with Crippen molar-refractivity contribution in [2.75, 3.05) is 13.2 Å². The van der Waals surface area contributed by atoms with Crippen molar-refractivity contribution >= 4 is 5.91 Å². The molecular formula is C8H16N2O2. The molecule has 4 nitrogen and oxygen atoms in total. The minimum atomic E-state index is -0.388. The lowest BCUT2D eigenvalue weighted by Crippen LogP contribution is -2.40. The van der Waals surface area contributed by atoms with Crippen molar-refractivity contribution in [3.05, 3.63) is 0 Å². The van der Waals surface area contributed by atoms with Gasteiger partial charge in [0.25, 0.3) is 0 Å². The standard InChI is InChI=1S/C8H16N2O2/c1-6-4-7(2-3-10-6)12-5-8(9)11/h6-7,10H,2-5H2,1H3,(H2,9,11). The van der Waals surface area contributed by atoms with Gasteiger partial charge in [0.1, 0.15) is 6.61 Å². The van der Waals surface area contributed by atoms with Crippen LogP contribution < -0.4 is 11.1 Å². The quantitative estimate of drug-likeness (QED) is 0.610. The topological polar surface area (TPSA) is 64.3 Å². The number of nitrogens with one attached hydrogen (secondary N) is 1. The second kappa shape index (κ2) is 4.42. The maximum absolute atomic E-state index is 10.4. The summed E-state index contributed by atoms with van der Waals surface area (Å²) in [7, 11) is 0. The van der Waals surface area contributed by atoms with Crippen LogP contribution >= 0.6 is 0 Å². The van der Waals surface area contributed by atoms with Crippen molar-refractivity contribution < 1.29 is 9.53 Å². The van der Waals surface area contributed by atoms with Crippen molar-refractivity contribution in [3.8, 4) is 0 Å². The highest BCUT2D eigenvalue weighted by Gasteiger charge is 2.18. The van der Waals surface area contributed by atoms with Crippen LogP contribution in [0.4, 0.5) is 0 Å². The Kier molecular flexibility index (Phi) is 3.49. The Bertz CT molecular complexity index is 161. The molecular weight excluding hydrogens is 156 g/mol. The zero-order chi connectivity index (χ0) is 8.97. The Morgan fingerprint density at radius 3 is 3.08 bits per heavy atom. The van der Waals surface area contributed by atoms with Gasteiger partial charge >= 0.3 is 0 Å². The summed E-state index contributed by atoms with van der Waals surface area (Å²) < 4.78 is 5.30. The van der Waals surface area contributed by atoms with Gasteiger partial charge in [-0.1, -0.05) is 0 Å². The van der Waals surface area contributed by atoms with Gasteiger partial charge in [-0.2, -0.15) is 0 Å². The molecule has 0 spiro atoms. The van der Waals surface area contributed by atoms with E-state index in [2.05, 4.69) is 12.2 Å². The van der Waals surface area contributed by atoms with Crippen molar-refractivity contribution in [2.45, 2.75) is 31.9 Å². The highest BCUT2D eigenvalue weighted by molar-refractivity contribution is 5.75. The normalized spacial score (nSPS) is 30.1. The van der Waals surface area contributed by atoms with Crippen LogP contribution in [-0.4, -0.2) is 31.2 Å². The molecule has 1 heterocycles. The van der Waals surface area contributed by atoms with E-state index in [1.54, 1.807) is 0 Å². The van der Waals surface area contributed by atoms with E-state index < -0.39 is 0 Å². The fraction of sp³-hybridized carbons (Fsp3) is 0.875. The molecule has 12 heavy (non-hydrogen) atoms. The fourth-order valence-corrected chi connectivity index (χ4v) is 1.44. The number of ether oxygens (including phenoxy) is 1. The predicted molar refractivity (Wildman–Crippen MR) is 45.6 cm³/mol. The summed E-state index contributed by atoms with van der Waals surface area (Å²) in [5, 5.41) is 3.30. The number of piperidine rings is 1. The average molecular weight is 172 g/mol. The molecule has 3 N–H and O–H groups in total. The SMILES string of the molecule is CC1CC(OCC(N)=O)CCN1. The third-order valence-electron chi connectivity index (χ3n) is 2.04. The number of carbonyl (C=O) groups is 1. The van der Waals surface area contributed by atoms with E-state index in [-0.39, 0.29) is 18.6 Å². The molecule has 0 aromatic carbocycles. The monoisotopic (exact) mass is 172 g/mol. The Morgan fingerprint density at radius 2 is 2.50 bits per heavy atom. The summed E-state index contributed by atoms with van der Waals surface area (Å²) in [4.78, 5) is 10.4. The molecule has 1 fully saturated rings. The van der Waals surface area contributed by atoms with Crippen LogP contribution in [-0.2, 0) is 9.53 Å². The van der Waals surface area contributed by atoms with Gasteiger partial charge in [-0.05, 0) is 26.3 Å². The molecule has 2 atom stereocenters. The zero-order valence-corrected chi connectivity index (χ0v) is 7.38. The fourth-order valence-electron chi connectivity index (χ4n) is 1.44. The van der Waals surface area contributed by atoms with Gasteiger partial charge in [0.2, 0.25) is 5.91 Å². The van der Waals surface area contributed by atoms with Crippen LogP contribution in [0.5, 0.6) is 0 Å². The van der Waals surface area contributed by atoms with Gasteiger partial charge in [-0.15, -0.1) is 0 Å². The van der Waals surface area contributed by atoms with Crippen LogP contribution in [0.3, 0.4) is 0 Å². The molecule has 0 radical (unpaired) electrons. The molecule has 70 valence electrons. The first-order valence-corrected chi connectivity index (χ1v) is 4.32. The van der Waals surface area contributed by atoms with Crippen molar-refractivity contribution in [1.29, 1.82) is 0 Å². The lowest BCUT2D eigenvalue weighted by Gasteiger charge is -2.27. The molecule has 2 unspecified atom stereocenters. The molecule has 1 rings (SSSR count). The number of hydrogen-bond acceptors (Lipinski definition) is 3. The third kappa shape index (κ3) is 3.19. The van der Waals surface area contributed by atoms with E-state index >= 15 is 0 Å². The summed E-state index contributed by atoms with van der Waals surface area (Å²) in [5.41, 5.74) is 4.96. The van der Waals surface area contributed by atoms with Crippen LogP contribution in [0.2, 0.25) is 0 Å². The molecule has 0 aromatic rings.